The number of amides is 2. The van der Waals surface area contributed by atoms with Gasteiger partial charge in [0.25, 0.3) is 0 Å². The Balaban J connectivity index is 1.17. The second-order valence-electron chi connectivity index (χ2n) is 12.5. The molecule has 0 saturated carbocycles. The normalized spacial score (nSPS) is 18.9. The fourth-order valence-corrected chi connectivity index (χ4v) is 6.15. The first-order valence-electron chi connectivity index (χ1n) is 17.3. The van der Waals surface area contributed by atoms with Crippen molar-refractivity contribution in [1.29, 1.82) is 0 Å². The van der Waals surface area contributed by atoms with Crippen molar-refractivity contribution in [1.82, 2.24) is 14.9 Å². The Labute approximate surface area is 310 Å². The molecule has 0 radical (unpaired) electrons. The Morgan fingerprint density at radius 2 is 1.37 bits per heavy atom. The molecule has 14 nitrogen and oxygen atoms in total. The number of para-hydroxylation sites is 2. The number of imidazole rings is 1. The van der Waals surface area contributed by atoms with E-state index >= 15 is 0 Å². The second-order valence-corrected chi connectivity index (χ2v) is 12.5. The van der Waals surface area contributed by atoms with Crippen molar-refractivity contribution in [3.05, 3.63) is 144 Å². The van der Waals surface area contributed by atoms with E-state index in [0.717, 1.165) is 0 Å². The van der Waals surface area contributed by atoms with E-state index in [4.69, 9.17) is 18.9 Å². The standard InChI is InChI=1S/C40H36N6O8/c1-26(47)42-39-43-35-34(36(44-39)54-40(50)46(29-18-10-4-11-19-29)30-20-12-5-13-21-30)41-25-45(35)33-23-31(53-38(49)28-16-8-3-9-17-28)22-32(52-33)24-51-37(48)27-14-6-2-7-15-27/h2-21,25,31-33,36H,22-24H2,1H3,(H2,42,43,44,47)/t31-,32+,33+,36?/m1/s1. The molecule has 2 aliphatic rings. The molecule has 1 unspecified atom stereocenters. The maximum absolute atomic E-state index is 14.0. The van der Waals surface area contributed by atoms with Gasteiger partial charge in [0.1, 0.15) is 30.5 Å². The van der Waals surface area contributed by atoms with E-state index in [1.54, 1.807) is 114 Å². The third kappa shape index (κ3) is 8.29. The first-order chi connectivity index (χ1) is 26.3. The lowest BCUT2D eigenvalue weighted by Crippen LogP contribution is -2.41. The Hall–Kier alpha value is -6.80. The fourth-order valence-electron chi connectivity index (χ4n) is 6.15. The third-order valence-corrected chi connectivity index (χ3v) is 8.60. The number of guanidine groups is 1. The molecule has 0 bridgehead atoms. The lowest BCUT2D eigenvalue weighted by atomic mass is 10.0. The van der Waals surface area contributed by atoms with Gasteiger partial charge in [-0.15, -0.1) is 0 Å². The molecule has 14 heteroatoms. The Kier molecular flexibility index (Phi) is 10.7. The molecule has 4 aromatic carbocycles. The van der Waals surface area contributed by atoms with E-state index in [2.05, 4.69) is 20.6 Å². The molecule has 3 heterocycles. The van der Waals surface area contributed by atoms with Gasteiger partial charge in [0.05, 0.1) is 34.9 Å². The lowest BCUT2D eigenvalue weighted by molar-refractivity contribution is -0.144. The van der Waals surface area contributed by atoms with E-state index in [9.17, 15) is 19.2 Å². The van der Waals surface area contributed by atoms with E-state index in [-0.39, 0.29) is 31.1 Å². The molecule has 5 aromatic rings. The average Bonchev–Trinajstić information content (AvgIpc) is 3.63. The topological polar surface area (TPSA) is 163 Å². The molecule has 274 valence electrons. The third-order valence-electron chi connectivity index (χ3n) is 8.60. The quantitative estimate of drug-likeness (QED) is 0.126. The van der Waals surface area contributed by atoms with Crippen molar-refractivity contribution in [2.45, 2.75) is 44.4 Å². The maximum Gasteiger partial charge on any atom is 0.421 e. The predicted molar refractivity (Wildman–Crippen MR) is 197 cm³/mol. The van der Waals surface area contributed by atoms with Crippen LogP contribution in [0, 0.1) is 0 Å². The number of esters is 2. The van der Waals surface area contributed by atoms with Crippen molar-refractivity contribution in [2.24, 2.45) is 4.99 Å². The molecule has 1 saturated heterocycles. The van der Waals surface area contributed by atoms with E-state index in [0.29, 0.717) is 28.3 Å². The van der Waals surface area contributed by atoms with Gasteiger partial charge in [0, 0.05) is 19.8 Å². The number of nitrogens with zero attached hydrogens (tertiary/aromatic N) is 4. The van der Waals surface area contributed by atoms with Crippen LogP contribution in [0.2, 0.25) is 0 Å². The molecule has 7 rings (SSSR count). The van der Waals surface area contributed by atoms with E-state index < -0.39 is 48.6 Å². The average molecular weight is 729 g/mol. The predicted octanol–water partition coefficient (Wildman–Crippen LogP) is 6.53. The molecule has 0 aliphatic carbocycles. The van der Waals surface area contributed by atoms with Crippen molar-refractivity contribution in [3.63, 3.8) is 0 Å². The summed E-state index contributed by atoms with van der Waals surface area (Å²) in [5.41, 5.74) is 2.12. The number of anilines is 3. The number of nitrogens with one attached hydrogen (secondary N) is 2. The van der Waals surface area contributed by atoms with Gasteiger partial charge in [-0.3, -0.25) is 14.7 Å². The zero-order valence-corrected chi connectivity index (χ0v) is 29.1. The zero-order chi connectivity index (χ0) is 37.4. The van der Waals surface area contributed by atoms with Crippen LogP contribution in [0.1, 0.15) is 58.6 Å². The molecule has 2 N–H and O–H groups in total. The van der Waals surface area contributed by atoms with E-state index in [1.165, 1.54) is 18.2 Å². The number of hydrogen-bond acceptors (Lipinski definition) is 11. The number of aromatic nitrogens is 2. The zero-order valence-electron chi connectivity index (χ0n) is 29.1. The molecule has 1 fully saturated rings. The van der Waals surface area contributed by atoms with Crippen molar-refractivity contribution < 1.29 is 38.1 Å². The van der Waals surface area contributed by atoms with Gasteiger partial charge in [-0.2, -0.15) is 0 Å². The van der Waals surface area contributed by atoms with Crippen LogP contribution in [0.3, 0.4) is 0 Å². The SMILES string of the molecule is CC(=O)NC1=NC(OC(=O)N(c2ccccc2)c2ccccc2)c2ncn([C@@H]3C[C@H](OC(=O)c4ccccc4)C[C@@H](COC(=O)c4ccccc4)O3)c2N1. The smallest absolute Gasteiger partial charge is 0.421 e. The summed E-state index contributed by atoms with van der Waals surface area (Å²) >= 11 is 0. The minimum atomic E-state index is -1.29. The summed E-state index contributed by atoms with van der Waals surface area (Å²) in [4.78, 5) is 62.6. The van der Waals surface area contributed by atoms with Crippen LogP contribution in [-0.2, 0) is 23.7 Å². The Morgan fingerprint density at radius 3 is 1.96 bits per heavy atom. The first kappa shape index (κ1) is 35.6. The van der Waals surface area contributed by atoms with Crippen LogP contribution in [0.25, 0.3) is 0 Å². The number of hydrogen-bond donors (Lipinski definition) is 2. The molecular formula is C40H36N6O8. The summed E-state index contributed by atoms with van der Waals surface area (Å²) in [6.07, 6.45) is -2.26. The van der Waals surface area contributed by atoms with Crippen LogP contribution >= 0.6 is 0 Å². The summed E-state index contributed by atoms with van der Waals surface area (Å²) in [6, 6.07) is 35.2. The molecule has 54 heavy (non-hydrogen) atoms. The summed E-state index contributed by atoms with van der Waals surface area (Å²) in [5, 5.41) is 5.71. The maximum atomic E-state index is 14.0. The molecule has 2 aliphatic heterocycles. The van der Waals surface area contributed by atoms with Crippen LogP contribution < -0.4 is 15.5 Å². The van der Waals surface area contributed by atoms with Gasteiger partial charge in [-0.1, -0.05) is 72.8 Å². The number of carbonyl (C=O) groups excluding carboxylic acids is 4. The molecule has 0 spiro atoms. The summed E-state index contributed by atoms with van der Waals surface area (Å²) in [6.45, 7) is 1.20. The van der Waals surface area contributed by atoms with Crippen LogP contribution in [0.5, 0.6) is 0 Å². The van der Waals surface area contributed by atoms with Crippen molar-refractivity contribution in [3.8, 4) is 0 Å². The number of fused-ring (bicyclic) bond motifs is 1. The van der Waals surface area contributed by atoms with Crippen LogP contribution in [0.4, 0.5) is 22.0 Å². The van der Waals surface area contributed by atoms with Gasteiger partial charge in [0.2, 0.25) is 18.1 Å². The van der Waals surface area contributed by atoms with Gasteiger partial charge in [-0.25, -0.2) is 29.3 Å². The van der Waals surface area contributed by atoms with Crippen molar-refractivity contribution in [2.75, 3.05) is 16.8 Å². The highest BCUT2D eigenvalue weighted by molar-refractivity contribution is 6.04. The van der Waals surface area contributed by atoms with Gasteiger partial charge in [0.15, 0.2) is 0 Å². The largest absolute Gasteiger partial charge is 0.459 e. The monoisotopic (exact) mass is 728 g/mol. The van der Waals surface area contributed by atoms with Crippen LogP contribution in [-0.4, -0.2) is 58.3 Å². The second kappa shape index (κ2) is 16.3. The summed E-state index contributed by atoms with van der Waals surface area (Å²) in [7, 11) is 0. The molecule has 2 amide bonds. The van der Waals surface area contributed by atoms with Crippen molar-refractivity contribution >= 4 is 47.1 Å². The van der Waals surface area contributed by atoms with Gasteiger partial charge < -0.3 is 24.3 Å². The Bertz CT molecular complexity index is 2090. The summed E-state index contributed by atoms with van der Waals surface area (Å²) in [5.74, 6) is -1.13. The number of ether oxygens (including phenoxy) is 4. The minimum Gasteiger partial charge on any atom is -0.459 e. The van der Waals surface area contributed by atoms with Crippen LogP contribution in [0.15, 0.2) is 133 Å². The number of carbonyl (C=O) groups is 4. The highest BCUT2D eigenvalue weighted by Gasteiger charge is 2.38. The number of aliphatic imine (C=N–C) groups is 1. The highest BCUT2D eigenvalue weighted by atomic mass is 16.6. The van der Waals surface area contributed by atoms with Gasteiger partial charge in [-0.05, 0) is 48.5 Å². The molecular weight excluding hydrogens is 692 g/mol. The first-order valence-corrected chi connectivity index (χ1v) is 17.3. The number of benzene rings is 4. The Morgan fingerprint density at radius 1 is 0.796 bits per heavy atom. The number of rotatable bonds is 9. The minimum absolute atomic E-state index is 0.0109. The lowest BCUT2D eigenvalue weighted by Gasteiger charge is -2.36. The molecule has 1 aromatic heterocycles. The van der Waals surface area contributed by atoms with Gasteiger partial charge >= 0.3 is 18.0 Å². The summed E-state index contributed by atoms with van der Waals surface area (Å²) < 4.78 is 25.7. The fraction of sp³-hybridized carbons (Fsp3) is 0.200. The molecule has 4 atom stereocenters. The highest BCUT2D eigenvalue weighted by Crippen LogP contribution is 2.38. The van der Waals surface area contributed by atoms with E-state index in [1.807, 2.05) is 12.1 Å².